The van der Waals surface area contributed by atoms with Crippen molar-refractivity contribution >= 4 is 21.8 Å². The Bertz CT molecular complexity index is 430. The maximum Gasteiger partial charge on any atom is 0.223 e. The van der Waals surface area contributed by atoms with Crippen molar-refractivity contribution in [3.05, 3.63) is 33.8 Å². The molecule has 98 valence electrons. The molecule has 0 radical (unpaired) electrons. The average Bonchev–Trinajstić information content (AvgIpc) is 3.17. The van der Waals surface area contributed by atoms with Crippen LogP contribution in [0.2, 0.25) is 0 Å². The lowest BCUT2D eigenvalue weighted by Gasteiger charge is -2.07. The van der Waals surface area contributed by atoms with Crippen LogP contribution in [-0.2, 0) is 11.3 Å². The molecule has 0 bridgehead atoms. The highest BCUT2D eigenvalue weighted by Crippen LogP contribution is 2.28. The molecule has 4 heteroatoms. The summed E-state index contributed by atoms with van der Waals surface area (Å²) < 4.78 is 1.14. The zero-order valence-electron chi connectivity index (χ0n) is 10.6. The minimum Gasteiger partial charge on any atom is -0.355 e. The van der Waals surface area contributed by atoms with E-state index in [2.05, 4.69) is 51.7 Å². The third-order valence-corrected chi connectivity index (χ3v) is 3.99. The first-order valence-corrected chi connectivity index (χ1v) is 7.19. The molecule has 18 heavy (non-hydrogen) atoms. The van der Waals surface area contributed by atoms with Crippen LogP contribution >= 0.6 is 15.9 Å². The molecule has 0 unspecified atom stereocenters. The molecule has 0 aliphatic heterocycles. The van der Waals surface area contributed by atoms with Gasteiger partial charge in [0, 0.05) is 30.0 Å². The van der Waals surface area contributed by atoms with Crippen LogP contribution in [0.1, 0.15) is 24.0 Å². The molecule has 1 aromatic carbocycles. The van der Waals surface area contributed by atoms with Gasteiger partial charge in [-0.15, -0.1) is 0 Å². The molecule has 0 saturated heterocycles. The molecule has 1 saturated carbocycles. The van der Waals surface area contributed by atoms with Gasteiger partial charge in [0.15, 0.2) is 0 Å². The molecule has 0 spiro atoms. The van der Waals surface area contributed by atoms with Gasteiger partial charge < -0.3 is 10.6 Å². The van der Waals surface area contributed by atoms with E-state index >= 15 is 0 Å². The van der Waals surface area contributed by atoms with Crippen LogP contribution in [0.15, 0.2) is 22.7 Å². The second-order valence-electron chi connectivity index (χ2n) is 4.83. The van der Waals surface area contributed by atoms with E-state index in [0.717, 1.165) is 30.4 Å². The normalized spacial score (nSPS) is 14.6. The number of nitrogens with one attached hydrogen (secondary N) is 2. The van der Waals surface area contributed by atoms with Gasteiger partial charge >= 0.3 is 0 Å². The summed E-state index contributed by atoms with van der Waals surface area (Å²) in [5, 5.41) is 6.28. The van der Waals surface area contributed by atoms with Gasteiger partial charge in [-0.25, -0.2) is 0 Å². The van der Waals surface area contributed by atoms with Crippen LogP contribution in [0.4, 0.5) is 0 Å². The molecule has 0 atom stereocenters. The van der Waals surface area contributed by atoms with Crippen molar-refractivity contribution < 1.29 is 4.79 Å². The molecular weight excluding hydrogens is 292 g/mol. The van der Waals surface area contributed by atoms with E-state index in [0.29, 0.717) is 12.5 Å². The van der Waals surface area contributed by atoms with Gasteiger partial charge in [-0.3, -0.25) is 4.79 Å². The number of carbonyl (C=O) groups is 1. The van der Waals surface area contributed by atoms with Crippen molar-refractivity contribution in [2.75, 3.05) is 13.1 Å². The lowest BCUT2D eigenvalue weighted by Crippen LogP contribution is -2.32. The van der Waals surface area contributed by atoms with Gasteiger partial charge in [0.05, 0.1) is 0 Å². The SMILES string of the molecule is Cc1cc(CNCCNC(=O)C2CC2)ccc1Br. The maximum atomic E-state index is 11.4. The van der Waals surface area contributed by atoms with Crippen molar-refractivity contribution in [3.8, 4) is 0 Å². The highest BCUT2D eigenvalue weighted by molar-refractivity contribution is 9.10. The van der Waals surface area contributed by atoms with Crippen LogP contribution in [0.3, 0.4) is 0 Å². The van der Waals surface area contributed by atoms with E-state index in [9.17, 15) is 4.79 Å². The summed E-state index contributed by atoms with van der Waals surface area (Å²) >= 11 is 3.49. The van der Waals surface area contributed by atoms with Crippen molar-refractivity contribution in [1.29, 1.82) is 0 Å². The highest BCUT2D eigenvalue weighted by Gasteiger charge is 2.28. The minimum absolute atomic E-state index is 0.219. The predicted octanol–water partition coefficient (Wildman–Crippen LogP) is 2.37. The molecule has 1 aliphatic carbocycles. The first kappa shape index (κ1) is 13.6. The number of carbonyl (C=O) groups excluding carboxylic acids is 1. The Labute approximate surface area is 116 Å². The Morgan fingerprint density at radius 1 is 1.39 bits per heavy atom. The van der Waals surface area contributed by atoms with Gasteiger partial charge in [0.25, 0.3) is 0 Å². The monoisotopic (exact) mass is 310 g/mol. The van der Waals surface area contributed by atoms with Gasteiger partial charge in [0.2, 0.25) is 5.91 Å². The summed E-state index contributed by atoms with van der Waals surface area (Å²) in [4.78, 5) is 11.4. The largest absolute Gasteiger partial charge is 0.355 e. The highest BCUT2D eigenvalue weighted by atomic mass is 79.9. The standard InChI is InChI=1S/C14H19BrN2O/c1-10-8-11(2-5-13(10)15)9-16-6-7-17-14(18)12-3-4-12/h2,5,8,12,16H,3-4,6-7,9H2,1H3,(H,17,18). The summed E-state index contributed by atoms with van der Waals surface area (Å²) in [5.74, 6) is 0.524. The fraction of sp³-hybridized carbons (Fsp3) is 0.500. The Balaban J connectivity index is 1.62. The zero-order valence-corrected chi connectivity index (χ0v) is 12.2. The second-order valence-corrected chi connectivity index (χ2v) is 5.68. The van der Waals surface area contributed by atoms with Gasteiger partial charge in [-0.1, -0.05) is 28.1 Å². The third-order valence-electron chi connectivity index (χ3n) is 3.10. The van der Waals surface area contributed by atoms with E-state index in [1.54, 1.807) is 0 Å². The van der Waals surface area contributed by atoms with Gasteiger partial charge in [-0.05, 0) is 37.0 Å². The van der Waals surface area contributed by atoms with Crippen molar-refractivity contribution in [2.45, 2.75) is 26.3 Å². The minimum atomic E-state index is 0.219. The average molecular weight is 311 g/mol. The molecule has 1 fully saturated rings. The lowest BCUT2D eigenvalue weighted by atomic mass is 10.1. The molecule has 0 aromatic heterocycles. The van der Waals surface area contributed by atoms with Gasteiger partial charge in [-0.2, -0.15) is 0 Å². The molecule has 1 aliphatic rings. The number of rotatable bonds is 6. The quantitative estimate of drug-likeness (QED) is 0.792. The number of hydrogen-bond donors (Lipinski definition) is 2. The van der Waals surface area contributed by atoms with Gasteiger partial charge in [0.1, 0.15) is 0 Å². The molecule has 1 amide bonds. The van der Waals surface area contributed by atoms with E-state index < -0.39 is 0 Å². The van der Waals surface area contributed by atoms with Crippen molar-refractivity contribution in [3.63, 3.8) is 0 Å². The van der Waals surface area contributed by atoms with Crippen molar-refractivity contribution in [1.82, 2.24) is 10.6 Å². The van der Waals surface area contributed by atoms with E-state index in [-0.39, 0.29) is 5.91 Å². The Morgan fingerprint density at radius 3 is 2.83 bits per heavy atom. The van der Waals surface area contributed by atoms with Crippen LogP contribution in [0.25, 0.3) is 0 Å². The van der Waals surface area contributed by atoms with E-state index in [1.807, 2.05) is 0 Å². The third kappa shape index (κ3) is 4.10. The summed E-state index contributed by atoms with van der Waals surface area (Å²) in [6.07, 6.45) is 2.13. The molecular formula is C14H19BrN2O. The Morgan fingerprint density at radius 2 is 2.17 bits per heavy atom. The Kier molecular flexibility index (Phi) is 4.78. The summed E-state index contributed by atoms with van der Waals surface area (Å²) in [7, 11) is 0. The number of halogens is 1. The number of amides is 1. The molecule has 2 N–H and O–H groups in total. The molecule has 2 rings (SSSR count). The zero-order chi connectivity index (χ0) is 13.0. The summed E-state index contributed by atoms with van der Waals surface area (Å²) in [6, 6.07) is 6.34. The topological polar surface area (TPSA) is 41.1 Å². The lowest BCUT2D eigenvalue weighted by molar-refractivity contribution is -0.122. The second kappa shape index (κ2) is 6.34. The predicted molar refractivity (Wildman–Crippen MR) is 76.3 cm³/mol. The fourth-order valence-corrected chi connectivity index (χ4v) is 2.06. The van der Waals surface area contributed by atoms with Crippen molar-refractivity contribution in [2.24, 2.45) is 5.92 Å². The summed E-state index contributed by atoms with van der Waals surface area (Å²) in [6.45, 7) is 4.45. The number of benzene rings is 1. The number of aryl methyl sites for hydroxylation is 1. The smallest absolute Gasteiger partial charge is 0.223 e. The van der Waals surface area contributed by atoms with Crippen LogP contribution in [-0.4, -0.2) is 19.0 Å². The molecule has 0 heterocycles. The van der Waals surface area contributed by atoms with Crippen LogP contribution in [0, 0.1) is 12.8 Å². The van der Waals surface area contributed by atoms with E-state index in [4.69, 9.17) is 0 Å². The number of hydrogen-bond acceptors (Lipinski definition) is 2. The van der Waals surface area contributed by atoms with E-state index in [1.165, 1.54) is 11.1 Å². The first-order chi connectivity index (χ1) is 8.66. The fourth-order valence-electron chi connectivity index (χ4n) is 1.81. The van der Waals surface area contributed by atoms with Crippen LogP contribution in [0.5, 0.6) is 0 Å². The summed E-state index contributed by atoms with van der Waals surface area (Å²) in [5.41, 5.74) is 2.51. The van der Waals surface area contributed by atoms with Crippen LogP contribution < -0.4 is 10.6 Å². The maximum absolute atomic E-state index is 11.4. The molecule has 3 nitrogen and oxygen atoms in total. The first-order valence-electron chi connectivity index (χ1n) is 6.40. The molecule has 1 aromatic rings. The Hall–Kier alpha value is -0.870.